The Bertz CT molecular complexity index is 988. The summed E-state index contributed by atoms with van der Waals surface area (Å²) in [6, 6.07) is 5.13. The Morgan fingerprint density at radius 2 is 2.22 bits per heavy atom. The van der Waals surface area contributed by atoms with E-state index in [1.54, 1.807) is 32.0 Å². The number of aromatic nitrogens is 4. The first kappa shape index (κ1) is 18.6. The van der Waals surface area contributed by atoms with E-state index in [1.165, 1.54) is 10.9 Å². The van der Waals surface area contributed by atoms with Crippen molar-refractivity contribution in [3.63, 3.8) is 0 Å². The summed E-state index contributed by atoms with van der Waals surface area (Å²) in [6.07, 6.45) is 2.10. The number of carbonyl (C=O) groups is 1. The topological polar surface area (TPSA) is 115 Å². The van der Waals surface area contributed by atoms with Gasteiger partial charge in [-0.05, 0) is 32.4 Å². The maximum absolute atomic E-state index is 12.3. The van der Waals surface area contributed by atoms with Crippen LogP contribution in [-0.2, 0) is 16.0 Å². The van der Waals surface area contributed by atoms with E-state index in [2.05, 4.69) is 20.4 Å². The lowest BCUT2D eigenvalue weighted by molar-refractivity contribution is -0.120. The van der Waals surface area contributed by atoms with Crippen LogP contribution in [0.5, 0.6) is 0 Å². The highest BCUT2D eigenvalue weighted by molar-refractivity contribution is 5.91. The molecule has 3 heterocycles. The summed E-state index contributed by atoms with van der Waals surface area (Å²) < 4.78 is 11.9. The second kappa shape index (κ2) is 8.00. The van der Waals surface area contributed by atoms with Gasteiger partial charge in [-0.1, -0.05) is 6.92 Å². The molecule has 0 fully saturated rings. The molecule has 1 amide bonds. The minimum absolute atomic E-state index is 0.0878. The molecular formula is C18H21N5O4. The molecule has 2 N–H and O–H groups in total. The third kappa shape index (κ3) is 3.98. The van der Waals surface area contributed by atoms with E-state index >= 15 is 0 Å². The first-order valence-corrected chi connectivity index (χ1v) is 8.65. The number of amides is 1. The minimum Gasteiger partial charge on any atom is -0.463 e. The molecule has 0 atom stereocenters. The molecule has 3 rings (SSSR count). The number of aryl methyl sites for hydroxylation is 1. The monoisotopic (exact) mass is 371 g/mol. The molecule has 27 heavy (non-hydrogen) atoms. The highest BCUT2D eigenvalue weighted by Crippen LogP contribution is 2.24. The normalized spacial score (nSPS) is 10.9. The SMILES string of the molecule is CCOCC(=O)Nc1cc(-c2ccco2)nn1-c1nc(C)c(CC)c(=O)[nH]1. The summed E-state index contributed by atoms with van der Waals surface area (Å²) in [6.45, 7) is 5.80. The van der Waals surface area contributed by atoms with Gasteiger partial charge in [-0.15, -0.1) is 0 Å². The number of hydrogen-bond acceptors (Lipinski definition) is 6. The zero-order valence-electron chi connectivity index (χ0n) is 15.4. The lowest BCUT2D eigenvalue weighted by Crippen LogP contribution is -2.23. The van der Waals surface area contributed by atoms with Crippen LogP contribution in [0.3, 0.4) is 0 Å². The van der Waals surface area contributed by atoms with E-state index in [0.29, 0.717) is 41.6 Å². The molecular weight excluding hydrogens is 350 g/mol. The van der Waals surface area contributed by atoms with Crippen molar-refractivity contribution in [2.24, 2.45) is 0 Å². The third-order valence-electron chi connectivity index (χ3n) is 3.95. The minimum atomic E-state index is -0.340. The zero-order chi connectivity index (χ0) is 19.4. The van der Waals surface area contributed by atoms with E-state index in [0.717, 1.165) is 0 Å². The number of carbonyl (C=O) groups excluding carboxylic acids is 1. The van der Waals surface area contributed by atoms with Crippen LogP contribution in [0.15, 0.2) is 33.7 Å². The number of ether oxygens (including phenoxy) is 1. The lowest BCUT2D eigenvalue weighted by Gasteiger charge is -2.09. The van der Waals surface area contributed by atoms with Crippen molar-refractivity contribution in [1.29, 1.82) is 0 Å². The van der Waals surface area contributed by atoms with Crippen molar-refractivity contribution in [1.82, 2.24) is 19.7 Å². The summed E-state index contributed by atoms with van der Waals surface area (Å²) >= 11 is 0. The van der Waals surface area contributed by atoms with Crippen molar-refractivity contribution in [3.05, 3.63) is 46.1 Å². The molecule has 9 heteroatoms. The molecule has 0 unspecified atom stereocenters. The Hall–Kier alpha value is -3.20. The van der Waals surface area contributed by atoms with Crippen LogP contribution < -0.4 is 10.9 Å². The van der Waals surface area contributed by atoms with Gasteiger partial charge in [-0.25, -0.2) is 4.98 Å². The maximum Gasteiger partial charge on any atom is 0.255 e. The predicted molar refractivity (Wildman–Crippen MR) is 98.9 cm³/mol. The quantitative estimate of drug-likeness (QED) is 0.657. The fraction of sp³-hybridized carbons (Fsp3) is 0.333. The predicted octanol–water partition coefficient (Wildman–Crippen LogP) is 2.06. The average molecular weight is 371 g/mol. The van der Waals surface area contributed by atoms with Gasteiger partial charge in [0.1, 0.15) is 18.1 Å². The van der Waals surface area contributed by atoms with Gasteiger partial charge in [0.25, 0.3) is 11.5 Å². The average Bonchev–Trinajstić information content (AvgIpc) is 3.29. The lowest BCUT2D eigenvalue weighted by atomic mass is 10.2. The molecule has 0 bridgehead atoms. The Balaban J connectivity index is 2.05. The van der Waals surface area contributed by atoms with E-state index in [4.69, 9.17) is 9.15 Å². The number of anilines is 1. The Labute approximate surface area is 155 Å². The summed E-state index contributed by atoms with van der Waals surface area (Å²) in [7, 11) is 0. The number of hydrogen-bond donors (Lipinski definition) is 2. The van der Waals surface area contributed by atoms with Crippen LogP contribution >= 0.6 is 0 Å². The Morgan fingerprint density at radius 1 is 1.41 bits per heavy atom. The Morgan fingerprint density at radius 3 is 2.85 bits per heavy atom. The molecule has 0 saturated carbocycles. The highest BCUT2D eigenvalue weighted by atomic mass is 16.5. The van der Waals surface area contributed by atoms with Crippen LogP contribution in [0.1, 0.15) is 25.1 Å². The van der Waals surface area contributed by atoms with Crippen molar-refractivity contribution < 1.29 is 13.9 Å². The van der Waals surface area contributed by atoms with Crippen molar-refractivity contribution in [3.8, 4) is 17.4 Å². The van der Waals surface area contributed by atoms with E-state index in [1.807, 2.05) is 6.92 Å². The van der Waals surface area contributed by atoms with Gasteiger partial charge in [-0.2, -0.15) is 9.78 Å². The molecule has 0 spiro atoms. The van der Waals surface area contributed by atoms with E-state index < -0.39 is 0 Å². The summed E-state index contributed by atoms with van der Waals surface area (Å²) in [5, 5.41) is 7.16. The van der Waals surface area contributed by atoms with Gasteiger partial charge in [0.2, 0.25) is 5.95 Å². The third-order valence-corrected chi connectivity index (χ3v) is 3.95. The number of rotatable bonds is 7. The molecule has 0 aromatic carbocycles. The van der Waals surface area contributed by atoms with Crippen molar-refractivity contribution in [2.75, 3.05) is 18.5 Å². The molecule has 3 aromatic heterocycles. The van der Waals surface area contributed by atoms with Gasteiger partial charge in [-0.3, -0.25) is 14.6 Å². The van der Waals surface area contributed by atoms with Crippen molar-refractivity contribution in [2.45, 2.75) is 27.2 Å². The van der Waals surface area contributed by atoms with Crippen LogP contribution in [0.4, 0.5) is 5.82 Å². The molecule has 0 saturated heterocycles. The number of H-pyrrole nitrogens is 1. The van der Waals surface area contributed by atoms with Gasteiger partial charge < -0.3 is 14.5 Å². The molecule has 0 aliphatic rings. The molecule has 0 aliphatic heterocycles. The molecule has 9 nitrogen and oxygen atoms in total. The van der Waals surface area contributed by atoms with Gasteiger partial charge in [0.15, 0.2) is 5.76 Å². The largest absolute Gasteiger partial charge is 0.463 e. The van der Waals surface area contributed by atoms with Crippen molar-refractivity contribution >= 4 is 11.7 Å². The molecule has 142 valence electrons. The standard InChI is InChI=1S/C18H21N5O4/c1-4-12-11(3)19-18(21-17(12)25)23-15(20-16(24)10-26-5-2)9-13(22-23)14-7-6-8-27-14/h6-9H,4-5,10H2,1-3H3,(H,20,24)(H,19,21,25). The van der Waals surface area contributed by atoms with E-state index in [9.17, 15) is 9.59 Å². The first-order valence-electron chi connectivity index (χ1n) is 8.65. The maximum atomic E-state index is 12.3. The fourth-order valence-corrected chi connectivity index (χ4v) is 2.66. The molecule has 3 aromatic rings. The molecule has 0 aliphatic carbocycles. The fourth-order valence-electron chi connectivity index (χ4n) is 2.66. The van der Waals surface area contributed by atoms with Gasteiger partial charge >= 0.3 is 0 Å². The number of furan rings is 1. The number of nitrogens with zero attached hydrogens (tertiary/aromatic N) is 3. The summed E-state index contributed by atoms with van der Waals surface area (Å²) in [5.74, 6) is 0.740. The Kier molecular flexibility index (Phi) is 5.51. The molecule has 0 radical (unpaired) electrons. The second-order valence-corrected chi connectivity index (χ2v) is 5.80. The van der Waals surface area contributed by atoms with Gasteiger partial charge in [0, 0.05) is 23.9 Å². The van der Waals surface area contributed by atoms with Crippen LogP contribution in [-0.4, -0.2) is 38.9 Å². The number of aromatic amines is 1. The highest BCUT2D eigenvalue weighted by Gasteiger charge is 2.18. The van der Waals surface area contributed by atoms with Crippen LogP contribution in [0, 0.1) is 6.92 Å². The summed E-state index contributed by atoms with van der Waals surface area (Å²) in [4.78, 5) is 31.6. The second-order valence-electron chi connectivity index (χ2n) is 5.80. The van der Waals surface area contributed by atoms with Crippen LogP contribution in [0.2, 0.25) is 0 Å². The van der Waals surface area contributed by atoms with Crippen LogP contribution in [0.25, 0.3) is 17.4 Å². The van der Waals surface area contributed by atoms with E-state index in [-0.39, 0.29) is 24.0 Å². The zero-order valence-corrected chi connectivity index (χ0v) is 15.4. The number of nitrogens with one attached hydrogen (secondary N) is 2. The summed E-state index contributed by atoms with van der Waals surface area (Å²) in [5.41, 5.74) is 1.48. The van der Waals surface area contributed by atoms with Gasteiger partial charge in [0.05, 0.1) is 6.26 Å². The first-order chi connectivity index (χ1) is 13.0. The smallest absolute Gasteiger partial charge is 0.255 e.